The highest BCUT2D eigenvalue weighted by Crippen LogP contribution is 2.29. The van der Waals surface area contributed by atoms with Crippen LogP contribution in [0.25, 0.3) is 11.1 Å². The molecule has 0 aliphatic carbocycles. The summed E-state index contributed by atoms with van der Waals surface area (Å²) in [4.78, 5) is 18.6. The number of pyridine rings is 1. The van der Waals surface area contributed by atoms with E-state index in [0.29, 0.717) is 28.7 Å². The van der Waals surface area contributed by atoms with Crippen LogP contribution in [0.3, 0.4) is 0 Å². The van der Waals surface area contributed by atoms with Gasteiger partial charge in [-0.1, -0.05) is 12.1 Å². The molecule has 23 heavy (non-hydrogen) atoms. The number of amides is 1. The molecule has 5 heteroatoms. The van der Waals surface area contributed by atoms with Crippen molar-refractivity contribution in [3.05, 3.63) is 54.1 Å². The van der Waals surface area contributed by atoms with E-state index in [-0.39, 0.29) is 11.7 Å². The minimum absolute atomic E-state index is 0.0394. The van der Waals surface area contributed by atoms with E-state index in [1.807, 2.05) is 17.0 Å². The van der Waals surface area contributed by atoms with E-state index in [4.69, 9.17) is 0 Å². The highest BCUT2D eigenvalue weighted by Gasteiger charge is 2.40. The van der Waals surface area contributed by atoms with Crippen molar-refractivity contribution < 1.29 is 9.18 Å². The number of rotatable bonds is 2. The van der Waals surface area contributed by atoms with E-state index in [2.05, 4.69) is 10.3 Å². The largest absolute Gasteiger partial charge is 0.334 e. The van der Waals surface area contributed by atoms with E-state index in [1.54, 1.807) is 24.4 Å². The monoisotopic (exact) mass is 311 g/mol. The molecule has 2 aliphatic heterocycles. The van der Waals surface area contributed by atoms with Gasteiger partial charge in [0, 0.05) is 43.0 Å². The van der Waals surface area contributed by atoms with Crippen molar-refractivity contribution in [2.24, 2.45) is 5.92 Å². The lowest BCUT2D eigenvalue weighted by molar-refractivity contribution is 0.0737. The predicted molar refractivity (Wildman–Crippen MR) is 85.4 cm³/mol. The molecule has 0 unspecified atom stereocenters. The average Bonchev–Trinajstić information content (AvgIpc) is 3.18. The van der Waals surface area contributed by atoms with Gasteiger partial charge in [-0.25, -0.2) is 4.39 Å². The summed E-state index contributed by atoms with van der Waals surface area (Å²) >= 11 is 0. The van der Waals surface area contributed by atoms with Gasteiger partial charge in [0.1, 0.15) is 5.82 Å². The second-order valence-corrected chi connectivity index (χ2v) is 6.21. The maximum absolute atomic E-state index is 13.9. The predicted octanol–water partition coefficient (Wildman–Crippen LogP) is 2.32. The topological polar surface area (TPSA) is 45.2 Å². The van der Waals surface area contributed by atoms with Crippen molar-refractivity contribution >= 4 is 5.91 Å². The van der Waals surface area contributed by atoms with Crippen molar-refractivity contribution in [2.75, 3.05) is 19.6 Å². The Kier molecular flexibility index (Phi) is 3.58. The number of carbonyl (C=O) groups is 1. The van der Waals surface area contributed by atoms with Gasteiger partial charge in [0.25, 0.3) is 5.91 Å². The van der Waals surface area contributed by atoms with Crippen LogP contribution in [0.2, 0.25) is 0 Å². The lowest BCUT2D eigenvalue weighted by atomic mass is 10.0. The second-order valence-electron chi connectivity index (χ2n) is 6.21. The number of aromatic nitrogens is 1. The van der Waals surface area contributed by atoms with E-state index in [1.165, 1.54) is 6.20 Å². The highest BCUT2D eigenvalue weighted by atomic mass is 19.1. The summed E-state index contributed by atoms with van der Waals surface area (Å²) < 4.78 is 13.9. The molecule has 2 atom stereocenters. The maximum atomic E-state index is 13.9. The zero-order valence-electron chi connectivity index (χ0n) is 12.7. The number of carbonyl (C=O) groups excluding carboxylic acids is 1. The quantitative estimate of drug-likeness (QED) is 0.926. The Morgan fingerprint density at radius 1 is 1.30 bits per heavy atom. The van der Waals surface area contributed by atoms with Crippen LogP contribution in [-0.4, -0.2) is 41.5 Å². The number of hydrogen-bond acceptors (Lipinski definition) is 3. The smallest absolute Gasteiger partial charge is 0.254 e. The minimum Gasteiger partial charge on any atom is -0.334 e. The summed E-state index contributed by atoms with van der Waals surface area (Å²) in [6.07, 6.45) is 3.81. The van der Waals surface area contributed by atoms with Crippen LogP contribution in [0.4, 0.5) is 4.39 Å². The molecule has 1 amide bonds. The molecule has 4 nitrogen and oxygen atoms in total. The average molecular weight is 311 g/mol. The number of hydrogen-bond donors (Lipinski definition) is 1. The van der Waals surface area contributed by atoms with Crippen LogP contribution in [0.1, 0.15) is 16.8 Å². The molecule has 0 bridgehead atoms. The van der Waals surface area contributed by atoms with Crippen molar-refractivity contribution in [3.8, 4) is 11.1 Å². The zero-order valence-corrected chi connectivity index (χ0v) is 12.7. The van der Waals surface area contributed by atoms with Crippen LogP contribution in [0.5, 0.6) is 0 Å². The molecule has 0 saturated carbocycles. The van der Waals surface area contributed by atoms with Gasteiger partial charge in [-0.2, -0.15) is 0 Å². The maximum Gasteiger partial charge on any atom is 0.254 e. The summed E-state index contributed by atoms with van der Waals surface area (Å²) in [7, 11) is 0. The SMILES string of the molecule is O=C(c1cccc(-c2ccncc2F)c1)N1CC[C@@H]2CNC[C@@H]21. The summed E-state index contributed by atoms with van der Waals surface area (Å²) in [5.74, 6) is 0.232. The Bertz CT molecular complexity index is 749. The molecule has 118 valence electrons. The molecule has 1 aromatic heterocycles. The lowest BCUT2D eigenvalue weighted by Crippen LogP contribution is -2.39. The van der Waals surface area contributed by atoms with Gasteiger partial charge in [-0.3, -0.25) is 9.78 Å². The molecule has 3 heterocycles. The molecule has 0 radical (unpaired) electrons. The van der Waals surface area contributed by atoms with Gasteiger partial charge in [-0.05, 0) is 36.1 Å². The first kappa shape index (κ1) is 14.3. The summed E-state index contributed by atoms with van der Waals surface area (Å²) in [5.41, 5.74) is 1.79. The van der Waals surface area contributed by atoms with Gasteiger partial charge in [0.15, 0.2) is 0 Å². The minimum atomic E-state index is -0.377. The number of nitrogens with zero attached hydrogens (tertiary/aromatic N) is 2. The second kappa shape index (κ2) is 5.74. The van der Waals surface area contributed by atoms with Gasteiger partial charge in [-0.15, -0.1) is 0 Å². The van der Waals surface area contributed by atoms with Gasteiger partial charge < -0.3 is 10.2 Å². The molecular weight excluding hydrogens is 293 g/mol. The molecular formula is C18H18FN3O. The van der Waals surface area contributed by atoms with Gasteiger partial charge in [0.2, 0.25) is 0 Å². The number of benzene rings is 1. The summed E-state index contributed by atoms with van der Waals surface area (Å²) in [5, 5.41) is 3.35. The van der Waals surface area contributed by atoms with E-state index in [9.17, 15) is 9.18 Å². The molecule has 4 rings (SSSR count). The fourth-order valence-corrected chi connectivity index (χ4v) is 3.70. The van der Waals surface area contributed by atoms with Gasteiger partial charge >= 0.3 is 0 Å². The Hall–Kier alpha value is -2.27. The first-order valence-corrected chi connectivity index (χ1v) is 7.95. The van der Waals surface area contributed by atoms with Crippen molar-refractivity contribution in [1.82, 2.24) is 15.2 Å². The third-order valence-corrected chi connectivity index (χ3v) is 4.90. The number of halogens is 1. The van der Waals surface area contributed by atoms with Crippen LogP contribution in [0, 0.1) is 11.7 Å². The van der Waals surface area contributed by atoms with E-state index >= 15 is 0 Å². The molecule has 1 aromatic carbocycles. The standard InChI is InChI=1S/C18H18FN3O/c19-16-10-20-6-4-15(16)12-2-1-3-13(8-12)18(23)22-7-5-14-9-21-11-17(14)22/h1-4,6,8,10,14,17,21H,5,7,9,11H2/t14-,17+/m1/s1. The van der Waals surface area contributed by atoms with Crippen molar-refractivity contribution in [2.45, 2.75) is 12.5 Å². The summed E-state index contributed by atoms with van der Waals surface area (Å²) in [6.45, 7) is 2.68. The number of nitrogens with one attached hydrogen (secondary N) is 1. The normalized spacial score (nSPS) is 23.1. The number of likely N-dealkylation sites (tertiary alicyclic amines) is 1. The van der Waals surface area contributed by atoms with Crippen LogP contribution in [0.15, 0.2) is 42.7 Å². The zero-order chi connectivity index (χ0) is 15.8. The highest BCUT2D eigenvalue weighted by molar-refractivity contribution is 5.96. The Morgan fingerprint density at radius 3 is 3.09 bits per heavy atom. The molecule has 2 fully saturated rings. The molecule has 0 spiro atoms. The van der Waals surface area contributed by atoms with E-state index in [0.717, 1.165) is 26.1 Å². The first-order valence-electron chi connectivity index (χ1n) is 7.95. The van der Waals surface area contributed by atoms with Crippen LogP contribution < -0.4 is 5.32 Å². The Labute approximate surface area is 134 Å². The first-order chi connectivity index (χ1) is 11.2. The van der Waals surface area contributed by atoms with Gasteiger partial charge in [0.05, 0.1) is 6.20 Å². The Morgan fingerprint density at radius 2 is 2.22 bits per heavy atom. The van der Waals surface area contributed by atoms with Crippen molar-refractivity contribution in [3.63, 3.8) is 0 Å². The third-order valence-electron chi connectivity index (χ3n) is 4.90. The van der Waals surface area contributed by atoms with E-state index < -0.39 is 0 Å². The lowest BCUT2D eigenvalue weighted by Gasteiger charge is -2.23. The van der Waals surface area contributed by atoms with Crippen LogP contribution >= 0.6 is 0 Å². The molecule has 2 aromatic rings. The summed E-state index contributed by atoms with van der Waals surface area (Å²) in [6, 6.07) is 9.13. The third kappa shape index (κ3) is 2.51. The molecule has 2 aliphatic rings. The Balaban J connectivity index is 1.64. The fourth-order valence-electron chi connectivity index (χ4n) is 3.70. The van der Waals surface area contributed by atoms with Crippen LogP contribution in [-0.2, 0) is 0 Å². The molecule has 2 saturated heterocycles. The molecule has 1 N–H and O–H groups in total. The fraction of sp³-hybridized carbons (Fsp3) is 0.333. The van der Waals surface area contributed by atoms with Crippen molar-refractivity contribution in [1.29, 1.82) is 0 Å². The number of fused-ring (bicyclic) bond motifs is 1.